The molecule has 83 heavy (non-hydrogen) atoms. The number of carbonyl (C=O) groups is 1. The molecule has 0 saturated carbocycles. The number of allylic oxidation sites excluding steroid dienone is 7. The molecule has 0 aromatic heterocycles. The first kappa shape index (κ1) is 81.5. The van der Waals surface area contributed by atoms with Crippen molar-refractivity contribution in [2.45, 2.75) is 379 Å². The summed E-state index contributed by atoms with van der Waals surface area (Å²) >= 11 is 0. The third kappa shape index (κ3) is 67.8. The van der Waals surface area contributed by atoms with Crippen molar-refractivity contribution in [2.75, 3.05) is 40.9 Å². The molecule has 0 aromatic carbocycles. The highest BCUT2D eigenvalue weighted by atomic mass is 31.2. The molecule has 3 atom stereocenters. The predicted molar refractivity (Wildman–Crippen MR) is 364 cm³/mol. The number of nitrogens with zero attached hydrogens (tertiary/aromatic N) is 1. The van der Waals surface area contributed by atoms with Gasteiger partial charge in [-0.05, 0) is 64.2 Å². The lowest BCUT2D eigenvalue weighted by Crippen LogP contribution is -2.45. The lowest BCUT2D eigenvalue weighted by Gasteiger charge is -2.25. The number of quaternary nitrogens is 1. The van der Waals surface area contributed by atoms with Gasteiger partial charge in [0.05, 0.1) is 39.9 Å². The molecule has 490 valence electrons. The molecule has 0 fully saturated rings. The molecular formula is C74H144N2O6P+. The van der Waals surface area contributed by atoms with Gasteiger partial charge >= 0.3 is 7.82 Å². The number of unbranched alkanes of at least 4 members (excludes halogenated alkanes) is 49. The van der Waals surface area contributed by atoms with Crippen LogP contribution in [0.4, 0.5) is 0 Å². The number of phosphoric acid groups is 1. The topological polar surface area (TPSA) is 105 Å². The molecule has 0 spiro atoms. The van der Waals surface area contributed by atoms with Gasteiger partial charge in [0, 0.05) is 6.42 Å². The Kier molecular flexibility index (Phi) is 63.7. The Morgan fingerprint density at radius 1 is 0.410 bits per heavy atom. The molecular weight excluding hydrogens is 1040 g/mol. The van der Waals surface area contributed by atoms with Crippen LogP contribution in [0.3, 0.4) is 0 Å². The fourth-order valence-corrected chi connectivity index (χ4v) is 11.8. The van der Waals surface area contributed by atoms with E-state index in [1.165, 1.54) is 302 Å². The summed E-state index contributed by atoms with van der Waals surface area (Å²) in [6.45, 7) is 4.84. The Hall–Kier alpha value is -1.54. The minimum atomic E-state index is -4.36. The predicted octanol–water partition coefficient (Wildman–Crippen LogP) is 23.4. The molecule has 9 heteroatoms. The summed E-state index contributed by atoms with van der Waals surface area (Å²) in [6, 6.07) is -0.863. The van der Waals surface area contributed by atoms with Crippen LogP contribution in [0.15, 0.2) is 48.6 Å². The highest BCUT2D eigenvalue weighted by Crippen LogP contribution is 2.43. The summed E-state index contributed by atoms with van der Waals surface area (Å²) in [6.07, 6.45) is 88.6. The van der Waals surface area contributed by atoms with Crippen molar-refractivity contribution in [1.29, 1.82) is 0 Å². The zero-order valence-corrected chi connectivity index (χ0v) is 57.1. The number of amides is 1. The second-order valence-electron chi connectivity index (χ2n) is 26.3. The average Bonchev–Trinajstić information content (AvgIpc) is 3.50. The average molecular weight is 1190 g/mol. The Balaban J connectivity index is 3.96. The smallest absolute Gasteiger partial charge is 0.387 e. The second-order valence-corrected chi connectivity index (χ2v) is 27.8. The van der Waals surface area contributed by atoms with Gasteiger partial charge in [-0.15, -0.1) is 0 Å². The van der Waals surface area contributed by atoms with E-state index in [-0.39, 0.29) is 19.1 Å². The molecule has 8 nitrogen and oxygen atoms in total. The number of carbonyl (C=O) groups excluding carboxylic acids is 1. The molecule has 3 unspecified atom stereocenters. The number of nitrogens with one attached hydrogen (secondary N) is 1. The first-order valence-electron chi connectivity index (χ1n) is 36.5. The summed E-state index contributed by atoms with van der Waals surface area (Å²) in [5.74, 6) is -0.179. The molecule has 0 heterocycles. The number of likely N-dealkylation sites (N-methyl/N-ethyl adjacent to an activating group) is 1. The largest absolute Gasteiger partial charge is 0.472 e. The van der Waals surface area contributed by atoms with Crippen LogP contribution in [-0.2, 0) is 18.4 Å². The van der Waals surface area contributed by atoms with Crippen molar-refractivity contribution in [2.24, 2.45) is 0 Å². The minimum Gasteiger partial charge on any atom is -0.387 e. The van der Waals surface area contributed by atoms with Crippen LogP contribution in [0, 0.1) is 0 Å². The SMILES string of the molecule is CCCCCCC/C=C\C/C=C\CCCCCCCCCCCCCCCCCCCCCCCCCCCCCC(=O)NC(COP(=O)(O)OCC[N+](C)(C)C)C(O)/C=C/CC/C=C/CCCCCCCCCCCCCCCCCC. The Morgan fingerprint density at radius 3 is 1.04 bits per heavy atom. The third-order valence-electron chi connectivity index (χ3n) is 16.8. The highest BCUT2D eigenvalue weighted by molar-refractivity contribution is 7.47. The molecule has 0 rings (SSSR count). The van der Waals surface area contributed by atoms with Crippen molar-refractivity contribution in [3.05, 3.63) is 48.6 Å². The van der Waals surface area contributed by atoms with Crippen LogP contribution in [-0.4, -0.2) is 73.4 Å². The Labute approximate surface area is 518 Å². The summed E-state index contributed by atoms with van der Waals surface area (Å²) in [4.78, 5) is 23.4. The molecule has 1 amide bonds. The van der Waals surface area contributed by atoms with E-state index in [1.54, 1.807) is 6.08 Å². The second kappa shape index (κ2) is 64.9. The number of hydrogen-bond acceptors (Lipinski definition) is 5. The lowest BCUT2D eigenvalue weighted by molar-refractivity contribution is -0.870. The summed E-state index contributed by atoms with van der Waals surface area (Å²) in [5, 5.41) is 14.0. The highest BCUT2D eigenvalue weighted by Gasteiger charge is 2.28. The zero-order chi connectivity index (χ0) is 60.5. The normalized spacial score (nSPS) is 13.9. The van der Waals surface area contributed by atoms with Crippen LogP contribution in [0.5, 0.6) is 0 Å². The molecule has 0 aliphatic rings. The molecule has 0 aromatic rings. The summed E-state index contributed by atoms with van der Waals surface area (Å²) < 4.78 is 23.8. The van der Waals surface area contributed by atoms with E-state index in [2.05, 4.69) is 55.6 Å². The van der Waals surface area contributed by atoms with Gasteiger partial charge in [0.15, 0.2) is 0 Å². The van der Waals surface area contributed by atoms with E-state index in [9.17, 15) is 19.4 Å². The molecule has 0 aliphatic heterocycles. The molecule has 0 radical (unpaired) electrons. The van der Waals surface area contributed by atoms with Gasteiger partial charge in [-0.3, -0.25) is 13.8 Å². The van der Waals surface area contributed by atoms with Gasteiger partial charge in [0.1, 0.15) is 13.2 Å². The maximum absolute atomic E-state index is 13.0. The van der Waals surface area contributed by atoms with Gasteiger partial charge in [-0.2, -0.15) is 0 Å². The molecule has 3 N–H and O–H groups in total. The van der Waals surface area contributed by atoms with E-state index < -0.39 is 20.0 Å². The van der Waals surface area contributed by atoms with Crippen LogP contribution in [0.25, 0.3) is 0 Å². The standard InChI is InChI=1S/C74H143N2O6P/c1-6-8-10-12-14-16-18-20-22-24-26-28-30-31-32-33-34-35-36-37-38-39-40-41-42-43-44-45-46-48-50-52-54-56-58-60-62-64-66-68-74(78)75-72(71-82-83(79,80)81-70-69-76(3,4)5)73(77)67-65-63-61-59-57-55-53-51-49-47-29-27-25-23-21-19-17-15-13-11-9-7-2/h18,20,24,26,57,59,65,67,72-73,77H,6-17,19,21-23,25,27-56,58,60-64,66,68-71H2,1-5H3,(H-,75,78,79,80)/p+1/b20-18-,26-24-,59-57+,67-65+. The maximum Gasteiger partial charge on any atom is 0.472 e. The first-order chi connectivity index (χ1) is 40.5. The first-order valence-corrected chi connectivity index (χ1v) is 38.0. The van der Waals surface area contributed by atoms with Gasteiger partial charge in [0.2, 0.25) is 5.91 Å². The van der Waals surface area contributed by atoms with Crippen LogP contribution < -0.4 is 5.32 Å². The van der Waals surface area contributed by atoms with E-state index in [0.717, 1.165) is 44.9 Å². The maximum atomic E-state index is 13.0. The molecule has 0 bridgehead atoms. The van der Waals surface area contributed by atoms with E-state index >= 15 is 0 Å². The van der Waals surface area contributed by atoms with Crippen molar-refractivity contribution < 1.29 is 32.9 Å². The number of rotatable bonds is 68. The van der Waals surface area contributed by atoms with Gasteiger partial charge in [-0.1, -0.05) is 345 Å². The van der Waals surface area contributed by atoms with E-state index in [4.69, 9.17) is 9.05 Å². The Bertz CT molecular complexity index is 1490. The zero-order valence-electron chi connectivity index (χ0n) is 56.2. The quantitative estimate of drug-likeness (QED) is 0.0243. The van der Waals surface area contributed by atoms with Crippen molar-refractivity contribution in [3.8, 4) is 0 Å². The Morgan fingerprint density at radius 2 is 0.699 bits per heavy atom. The number of aliphatic hydroxyl groups excluding tert-OH is 1. The molecule has 0 aliphatic carbocycles. The van der Waals surface area contributed by atoms with E-state index in [0.29, 0.717) is 17.4 Å². The van der Waals surface area contributed by atoms with Gasteiger partial charge in [0.25, 0.3) is 0 Å². The summed E-state index contributed by atoms with van der Waals surface area (Å²) in [7, 11) is 1.57. The fraction of sp³-hybridized carbons (Fsp3) is 0.878. The molecule has 0 saturated heterocycles. The van der Waals surface area contributed by atoms with Crippen LogP contribution >= 0.6 is 7.82 Å². The van der Waals surface area contributed by atoms with Gasteiger partial charge in [-0.25, -0.2) is 4.57 Å². The number of phosphoric ester groups is 1. The number of hydrogen-bond donors (Lipinski definition) is 3. The monoisotopic (exact) mass is 1190 g/mol. The van der Waals surface area contributed by atoms with Crippen molar-refractivity contribution in [3.63, 3.8) is 0 Å². The van der Waals surface area contributed by atoms with Crippen LogP contribution in [0.2, 0.25) is 0 Å². The van der Waals surface area contributed by atoms with E-state index in [1.807, 2.05) is 27.2 Å². The van der Waals surface area contributed by atoms with Crippen LogP contribution in [0.1, 0.15) is 367 Å². The third-order valence-corrected chi connectivity index (χ3v) is 17.8. The number of aliphatic hydroxyl groups is 1. The van der Waals surface area contributed by atoms with Gasteiger partial charge < -0.3 is 19.8 Å². The lowest BCUT2D eigenvalue weighted by atomic mass is 10.0. The summed E-state index contributed by atoms with van der Waals surface area (Å²) in [5.41, 5.74) is 0. The van der Waals surface area contributed by atoms with Crippen molar-refractivity contribution in [1.82, 2.24) is 5.32 Å². The minimum absolute atomic E-state index is 0.0578. The fourth-order valence-electron chi connectivity index (χ4n) is 11.1. The van der Waals surface area contributed by atoms with Crippen molar-refractivity contribution >= 4 is 13.7 Å².